The quantitative estimate of drug-likeness (QED) is 0.0513. The van der Waals surface area contributed by atoms with Crippen molar-refractivity contribution in [2.24, 2.45) is 10.7 Å². The van der Waals surface area contributed by atoms with E-state index in [4.69, 9.17) is 57.9 Å². The predicted molar refractivity (Wildman–Crippen MR) is 251 cm³/mol. The van der Waals surface area contributed by atoms with E-state index >= 15 is 0 Å². The van der Waals surface area contributed by atoms with Crippen molar-refractivity contribution in [1.29, 1.82) is 0 Å². The molecule has 3 rings (SSSR count). The third kappa shape index (κ3) is 24.4. The fourth-order valence-corrected chi connectivity index (χ4v) is 7.21. The summed E-state index contributed by atoms with van der Waals surface area (Å²) in [6, 6.07) is 4.56. The fraction of sp³-hybridized carbons (Fsp3) is 0.667. The summed E-state index contributed by atoms with van der Waals surface area (Å²) in [5, 5.41) is 3.90. The molecular formula is C45H72N6O17S. The number of carbonyl (C=O) groups excluding carboxylic acids is 4. The smallest absolute Gasteiger partial charge is 0.273 e. The molecule has 390 valence electrons. The summed E-state index contributed by atoms with van der Waals surface area (Å²) in [6.07, 6.45) is 4.76. The molecule has 0 fully saturated rings. The topological polar surface area (TPSA) is 264 Å². The molecule has 24 heteroatoms. The summed E-state index contributed by atoms with van der Waals surface area (Å²) in [6.45, 7) is 12.2. The number of hydrogen-bond donors (Lipinski definition) is 2. The zero-order valence-electron chi connectivity index (χ0n) is 40.3. The average molecular weight is 1000 g/mol. The van der Waals surface area contributed by atoms with Gasteiger partial charge in [0.1, 0.15) is 12.4 Å². The lowest BCUT2D eigenvalue weighted by molar-refractivity contribution is -0.180. The maximum Gasteiger partial charge on any atom is 0.273 e. The molecule has 0 saturated heterocycles. The number of ether oxygens (including phenoxy) is 10. The lowest BCUT2D eigenvalue weighted by Gasteiger charge is -2.21. The first-order valence-electron chi connectivity index (χ1n) is 23.1. The minimum absolute atomic E-state index is 0.0467. The van der Waals surface area contributed by atoms with Crippen molar-refractivity contribution in [2.75, 3.05) is 172 Å². The highest BCUT2D eigenvalue weighted by molar-refractivity contribution is 7.89. The molecule has 0 aromatic heterocycles. The molecular weight excluding hydrogens is 929 g/mol. The van der Waals surface area contributed by atoms with Gasteiger partial charge in [0.25, 0.3) is 17.7 Å². The molecule has 0 saturated carbocycles. The van der Waals surface area contributed by atoms with Crippen LogP contribution < -0.4 is 11.1 Å². The van der Waals surface area contributed by atoms with Crippen molar-refractivity contribution < 1.29 is 79.8 Å². The maximum absolute atomic E-state index is 13.3. The number of rotatable bonds is 42. The van der Waals surface area contributed by atoms with Gasteiger partial charge in [-0.15, -0.1) is 0 Å². The summed E-state index contributed by atoms with van der Waals surface area (Å²) in [5.74, 6) is -1.56. The number of carbonyl (C=O) groups is 4. The lowest BCUT2D eigenvalue weighted by atomic mass is 10.1. The summed E-state index contributed by atoms with van der Waals surface area (Å²) >= 11 is 0. The molecule has 0 bridgehead atoms. The van der Waals surface area contributed by atoms with E-state index in [0.29, 0.717) is 149 Å². The number of aliphatic imine (C=N–C) groups is 1. The number of hydrogen-bond acceptors (Lipinski definition) is 19. The summed E-state index contributed by atoms with van der Waals surface area (Å²) < 4.78 is 82.7. The van der Waals surface area contributed by atoms with E-state index in [1.165, 1.54) is 28.5 Å². The van der Waals surface area contributed by atoms with Crippen LogP contribution in [0.25, 0.3) is 6.08 Å². The minimum atomic E-state index is -3.86. The van der Waals surface area contributed by atoms with Crippen LogP contribution in [0.4, 0.5) is 5.69 Å². The van der Waals surface area contributed by atoms with Crippen LogP contribution in [0.15, 0.2) is 45.8 Å². The number of amidine groups is 1. The van der Waals surface area contributed by atoms with Gasteiger partial charge in [-0.3, -0.25) is 28.9 Å². The summed E-state index contributed by atoms with van der Waals surface area (Å²) in [5.41, 5.74) is 7.48. The Labute approximate surface area is 405 Å². The van der Waals surface area contributed by atoms with Crippen LogP contribution in [0.3, 0.4) is 0 Å². The molecule has 0 unspecified atom stereocenters. The van der Waals surface area contributed by atoms with Crippen LogP contribution in [0, 0.1) is 0 Å². The molecule has 4 amide bonds. The second-order valence-corrected chi connectivity index (χ2v) is 16.9. The first-order chi connectivity index (χ1) is 33.5. The van der Waals surface area contributed by atoms with Crippen LogP contribution in [0.5, 0.6) is 0 Å². The Morgan fingerprint density at radius 1 is 0.681 bits per heavy atom. The van der Waals surface area contributed by atoms with Gasteiger partial charge in [-0.1, -0.05) is 13.0 Å². The van der Waals surface area contributed by atoms with E-state index < -0.39 is 27.7 Å². The van der Waals surface area contributed by atoms with E-state index in [9.17, 15) is 27.6 Å². The molecule has 69 heavy (non-hydrogen) atoms. The highest BCUT2D eigenvalue weighted by Crippen LogP contribution is 2.30. The largest absolute Gasteiger partial charge is 0.387 e. The number of sulfonamides is 1. The van der Waals surface area contributed by atoms with Gasteiger partial charge in [0.15, 0.2) is 0 Å². The zero-order valence-corrected chi connectivity index (χ0v) is 41.1. The van der Waals surface area contributed by atoms with Crippen LogP contribution in [0.2, 0.25) is 0 Å². The molecule has 23 nitrogen and oxygen atoms in total. The van der Waals surface area contributed by atoms with Gasteiger partial charge in [0, 0.05) is 56.4 Å². The number of imide groups is 1. The average Bonchev–Trinajstić information content (AvgIpc) is 3.53. The molecule has 1 aromatic rings. The number of nitrogens with two attached hydrogens (primary N) is 1. The van der Waals surface area contributed by atoms with Crippen molar-refractivity contribution >= 4 is 51.3 Å². The van der Waals surface area contributed by atoms with Gasteiger partial charge in [0.2, 0.25) is 15.9 Å². The van der Waals surface area contributed by atoms with Crippen LogP contribution >= 0.6 is 0 Å². The van der Waals surface area contributed by atoms with Crippen LogP contribution in [0.1, 0.15) is 32.3 Å². The van der Waals surface area contributed by atoms with Crippen molar-refractivity contribution in [2.45, 2.75) is 31.6 Å². The van der Waals surface area contributed by atoms with Crippen molar-refractivity contribution in [1.82, 2.24) is 19.6 Å². The highest BCUT2D eigenvalue weighted by atomic mass is 32.2. The van der Waals surface area contributed by atoms with Crippen LogP contribution in [-0.4, -0.2) is 224 Å². The number of amides is 4. The van der Waals surface area contributed by atoms with Gasteiger partial charge in [-0.25, -0.2) is 18.5 Å². The van der Waals surface area contributed by atoms with E-state index in [-0.39, 0.29) is 62.5 Å². The third-order valence-corrected chi connectivity index (χ3v) is 11.4. The first kappa shape index (κ1) is 59.0. The van der Waals surface area contributed by atoms with E-state index in [1.54, 1.807) is 19.1 Å². The van der Waals surface area contributed by atoms with Gasteiger partial charge >= 0.3 is 0 Å². The number of fused-ring (bicyclic) bond motifs is 1. The second-order valence-electron chi connectivity index (χ2n) is 14.9. The molecule has 0 atom stereocenters. The molecule has 2 aliphatic rings. The fourth-order valence-electron chi connectivity index (χ4n) is 6.04. The van der Waals surface area contributed by atoms with Crippen molar-refractivity contribution in [3.8, 4) is 0 Å². The van der Waals surface area contributed by atoms with E-state index in [2.05, 4.69) is 10.3 Å². The van der Waals surface area contributed by atoms with Crippen molar-refractivity contribution in [3.63, 3.8) is 0 Å². The number of likely N-dealkylation sites (N-methyl/N-ethyl adjacent to an activating group) is 1. The number of nitrogens with one attached hydrogen (secondary N) is 1. The summed E-state index contributed by atoms with van der Waals surface area (Å²) in [4.78, 5) is 58.7. The Kier molecular flexibility index (Phi) is 30.6. The standard InChI is InChI=1S/C45H72N6O17S/c1-4-11-51(68-5-2)45(55)38-33-37-6-7-39(35-40(37)48-41(46)34-38)69(56,57)49(3)12-14-59-16-18-61-20-22-63-24-26-65-28-30-67-32-31-66-29-27-64-25-23-62-21-19-60-17-15-58-13-10-47-42(52)36-50-43(53)8-9-44(50)54/h6-9,33,35H,4-5,10-32,34,36H2,1-3H3,(H2,46,48)(H,47,52). The number of hydroxylamine groups is 2. The first-order valence-corrected chi connectivity index (χ1v) is 24.6. The maximum atomic E-state index is 13.3. The molecule has 0 aliphatic carbocycles. The molecule has 3 N–H and O–H groups in total. The molecule has 2 aliphatic heterocycles. The van der Waals surface area contributed by atoms with Gasteiger partial charge in [-0.05, 0) is 31.6 Å². The summed E-state index contributed by atoms with van der Waals surface area (Å²) in [7, 11) is -2.39. The predicted octanol–water partition coefficient (Wildman–Crippen LogP) is 0.480. The zero-order chi connectivity index (χ0) is 50.0. The highest BCUT2D eigenvalue weighted by Gasteiger charge is 2.26. The van der Waals surface area contributed by atoms with Crippen LogP contribution in [-0.2, 0) is 81.4 Å². The lowest BCUT2D eigenvalue weighted by Crippen LogP contribution is -2.41. The second kappa shape index (κ2) is 35.8. The molecule has 1 aromatic carbocycles. The van der Waals surface area contributed by atoms with E-state index in [0.717, 1.165) is 17.1 Å². The minimum Gasteiger partial charge on any atom is -0.387 e. The Hall–Kier alpha value is -4.28. The Morgan fingerprint density at radius 2 is 1.13 bits per heavy atom. The molecule has 2 heterocycles. The monoisotopic (exact) mass is 1000 g/mol. The third-order valence-electron chi connectivity index (χ3n) is 9.56. The molecule has 0 spiro atoms. The Bertz CT molecular complexity index is 1860. The Balaban J connectivity index is 1.04. The molecule has 0 radical (unpaired) electrons. The SMILES string of the molecule is CCCN(OCC)C(=O)C1=Cc2ccc(S(=O)(=O)N(C)CCOCCOCCOCCOCCOCCOCCOCCOCCOCCOCCNC(=O)CN3C(=O)C=CC3=O)cc2N=C(N)C1. The number of benzene rings is 1. The Morgan fingerprint density at radius 3 is 1.58 bits per heavy atom. The van der Waals surface area contributed by atoms with Gasteiger partial charge in [-0.2, -0.15) is 4.31 Å². The van der Waals surface area contributed by atoms with Gasteiger partial charge < -0.3 is 58.4 Å². The number of nitrogens with zero attached hydrogens (tertiary/aromatic N) is 4. The van der Waals surface area contributed by atoms with E-state index in [1.807, 2.05) is 6.92 Å². The van der Waals surface area contributed by atoms with Crippen molar-refractivity contribution in [3.05, 3.63) is 41.5 Å². The normalized spacial score (nSPS) is 13.8. The van der Waals surface area contributed by atoms with Gasteiger partial charge in [0.05, 0.1) is 149 Å².